The van der Waals surface area contributed by atoms with Gasteiger partial charge in [-0.2, -0.15) is 0 Å². The molecule has 18 heavy (non-hydrogen) atoms. The third-order valence-electron chi connectivity index (χ3n) is 3.88. The van der Waals surface area contributed by atoms with E-state index in [1.54, 1.807) is 11.1 Å². The summed E-state index contributed by atoms with van der Waals surface area (Å²) in [6.45, 7) is 11.4. The highest BCUT2D eigenvalue weighted by Crippen LogP contribution is 2.31. The van der Waals surface area contributed by atoms with Gasteiger partial charge >= 0.3 is 0 Å². The third-order valence-corrected chi connectivity index (χ3v) is 3.88. The van der Waals surface area contributed by atoms with Gasteiger partial charge in [0, 0.05) is 25.0 Å². The van der Waals surface area contributed by atoms with Crippen molar-refractivity contribution in [2.75, 3.05) is 6.54 Å². The maximum atomic E-state index is 3.61. The second-order valence-corrected chi connectivity index (χ2v) is 6.79. The Labute approximate surface area is 112 Å². The summed E-state index contributed by atoms with van der Waals surface area (Å²) in [6.07, 6.45) is 9.89. The number of hydrogen-bond donors (Lipinski definition) is 1. The quantitative estimate of drug-likeness (QED) is 0.855. The van der Waals surface area contributed by atoms with Crippen LogP contribution in [0.5, 0.6) is 0 Å². The highest BCUT2D eigenvalue weighted by atomic mass is 15.0. The zero-order valence-corrected chi connectivity index (χ0v) is 12.4. The van der Waals surface area contributed by atoms with Crippen molar-refractivity contribution < 1.29 is 0 Å². The van der Waals surface area contributed by atoms with Gasteiger partial charge in [-0.1, -0.05) is 27.7 Å². The Balaban J connectivity index is 2.07. The van der Waals surface area contributed by atoms with Crippen molar-refractivity contribution in [1.29, 1.82) is 0 Å². The molecule has 0 fully saturated rings. The van der Waals surface area contributed by atoms with Gasteiger partial charge in [0.25, 0.3) is 0 Å². The van der Waals surface area contributed by atoms with E-state index in [0.717, 1.165) is 13.1 Å². The molecule has 0 amide bonds. The van der Waals surface area contributed by atoms with E-state index in [-0.39, 0.29) is 0 Å². The number of hydrogen-bond acceptors (Lipinski definition) is 1. The molecule has 0 saturated heterocycles. The fourth-order valence-electron chi connectivity index (χ4n) is 2.80. The second-order valence-electron chi connectivity index (χ2n) is 6.79. The van der Waals surface area contributed by atoms with Gasteiger partial charge in [0.15, 0.2) is 0 Å². The van der Waals surface area contributed by atoms with Crippen LogP contribution in [0.3, 0.4) is 0 Å². The van der Waals surface area contributed by atoms with Crippen LogP contribution < -0.4 is 5.32 Å². The number of fused-ring (bicyclic) bond motifs is 1. The summed E-state index contributed by atoms with van der Waals surface area (Å²) in [5, 5.41) is 3.61. The molecule has 2 rings (SSSR count). The first-order valence-electron chi connectivity index (χ1n) is 7.41. The van der Waals surface area contributed by atoms with Gasteiger partial charge in [0.05, 0.1) is 0 Å². The summed E-state index contributed by atoms with van der Waals surface area (Å²) in [7, 11) is 0. The molecule has 1 heterocycles. The molecule has 0 saturated carbocycles. The van der Waals surface area contributed by atoms with Crippen LogP contribution in [0, 0.1) is 5.41 Å². The van der Waals surface area contributed by atoms with E-state index in [9.17, 15) is 0 Å². The summed E-state index contributed by atoms with van der Waals surface area (Å²) >= 11 is 0. The normalized spacial score (nSPS) is 19.9. The minimum atomic E-state index is 0.422. The Hall–Kier alpha value is -0.760. The SMILES string of the molecule is CCNC1CCCc2cn(CCC(C)(C)C)cc21. The lowest BCUT2D eigenvalue weighted by molar-refractivity contribution is 0.350. The first-order valence-corrected chi connectivity index (χ1v) is 7.41. The van der Waals surface area contributed by atoms with Crippen LogP contribution in [0.1, 0.15) is 64.1 Å². The van der Waals surface area contributed by atoms with Crippen molar-refractivity contribution in [3.05, 3.63) is 23.5 Å². The molecule has 2 heteroatoms. The molecule has 102 valence electrons. The molecule has 1 aliphatic carbocycles. The fourth-order valence-corrected chi connectivity index (χ4v) is 2.80. The zero-order valence-electron chi connectivity index (χ0n) is 12.4. The molecule has 2 nitrogen and oxygen atoms in total. The summed E-state index contributed by atoms with van der Waals surface area (Å²) in [5.41, 5.74) is 3.55. The highest BCUT2D eigenvalue weighted by Gasteiger charge is 2.21. The van der Waals surface area contributed by atoms with E-state index in [1.807, 2.05) is 0 Å². The zero-order chi connectivity index (χ0) is 13.2. The average molecular weight is 248 g/mol. The van der Waals surface area contributed by atoms with Gasteiger partial charge in [0.2, 0.25) is 0 Å². The number of nitrogens with zero attached hydrogens (tertiary/aromatic N) is 1. The Morgan fingerprint density at radius 1 is 1.33 bits per heavy atom. The molecule has 0 aliphatic heterocycles. The summed E-state index contributed by atoms with van der Waals surface area (Å²) in [6, 6.07) is 0.592. The van der Waals surface area contributed by atoms with Gasteiger partial charge < -0.3 is 9.88 Å². The van der Waals surface area contributed by atoms with E-state index < -0.39 is 0 Å². The topological polar surface area (TPSA) is 17.0 Å². The van der Waals surface area contributed by atoms with Crippen molar-refractivity contribution in [2.24, 2.45) is 5.41 Å². The number of aromatic nitrogens is 1. The van der Waals surface area contributed by atoms with E-state index >= 15 is 0 Å². The number of aryl methyl sites for hydroxylation is 2. The molecule has 1 aliphatic rings. The van der Waals surface area contributed by atoms with Crippen molar-refractivity contribution >= 4 is 0 Å². The maximum absolute atomic E-state index is 3.61. The lowest BCUT2D eigenvalue weighted by Crippen LogP contribution is -2.23. The summed E-state index contributed by atoms with van der Waals surface area (Å²) in [4.78, 5) is 0. The van der Waals surface area contributed by atoms with Crippen LogP contribution >= 0.6 is 0 Å². The van der Waals surface area contributed by atoms with Gasteiger partial charge in [-0.25, -0.2) is 0 Å². The number of rotatable bonds is 4. The minimum Gasteiger partial charge on any atom is -0.354 e. The van der Waals surface area contributed by atoms with Crippen LogP contribution in [-0.2, 0) is 13.0 Å². The Morgan fingerprint density at radius 3 is 2.78 bits per heavy atom. The molecule has 0 radical (unpaired) electrons. The van der Waals surface area contributed by atoms with Crippen LogP contribution in [0.4, 0.5) is 0 Å². The first-order chi connectivity index (χ1) is 8.49. The molecular weight excluding hydrogens is 220 g/mol. The van der Waals surface area contributed by atoms with Crippen molar-refractivity contribution in [1.82, 2.24) is 9.88 Å². The van der Waals surface area contributed by atoms with E-state index in [2.05, 4.69) is 50.0 Å². The molecule has 0 bridgehead atoms. The van der Waals surface area contributed by atoms with Crippen LogP contribution in [0.25, 0.3) is 0 Å². The largest absolute Gasteiger partial charge is 0.354 e. The molecule has 1 N–H and O–H groups in total. The van der Waals surface area contributed by atoms with Crippen molar-refractivity contribution in [2.45, 2.75) is 66.0 Å². The summed E-state index contributed by atoms with van der Waals surface area (Å²) in [5.74, 6) is 0. The van der Waals surface area contributed by atoms with Gasteiger partial charge in [-0.3, -0.25) is 0 Å². The first kappa shape index (κ1) is 13.7. The molecule has 1 aromatic heterocycles. The molecule has 1 aromatic rings. The molecule has 1 unspecified atom stereocenters. The van der Waals surface area contributed by atoms with Crippen molar-refractivity contribution in [3.8, 4) is 0 Å². The van der Waals surface area contributed by atoms with E-state index in [1.165, 1.54) is 25.7 Å². The lowest BCUT2D eigenvalue weighted by atomic mass is 9.91. The number of nitrogens with one attached hydrogen (secondary N) is 1. The van der Waals surface area contributed by atoms with E-state index in [4.69, 9.17) is 0 Å². The summed E-state index contributed by atoms with van der Waals surface area (Å²) < 4.78 is 2.41. The Morgan fingerprint density at radius 2 is 2.11 bits per heavy atom. The van der Waals surface area contributed by atoms with Crippen LogP contribution in [0.15, 0.2) is 12.4 Å². The second kappa shape index (κ2) is 5.48. The Bertz CT molecular complexity index is 384. The predicted molar refractivity (Wildman–Crippen MR) is 77.9 cm³/mol. The van der Waals surface area contributed by atoms with Crippen molar-refractivity contribution in [3.63, 3.8) is 0 Å². The molecular formula is C16H28N2. The van der Waals surface area contributed by atoms with Crippen LogP contribution in [0.2, 0.25) is 0 Å². The molecule has 0 spiro atoms. The average Bonchev–Trinajstić information content (AvgIpc) is 2.70. The highest BCUT2D eigenvalue weighted by molar-refractivity contribution is 5.30. The lowest BCUT2D eigenvalue weighted by Gasteiger charge is -2.22. The third kappa shape index (κ3) is 3.38. The van der Waals surface area contributed by atoms with Gasteiger partial charge in [0.1, 0.15) is 0 Å². The maximum Gasteiger partial charge on any atom is 0.0338 e. The van der Waals surface area contributed by atoms with Gasteiger partial charge in [-0.05, 0) is 48.8 Å². The predicted octanol–water partition coefficient (Wildman–Crippen LogP) is 3.91. The minimum absolute atomic E-state index is 0.422. The van der Waals surface area contributed by atoms with E-state index in [0.29, 0.717) is 11.5 Å². The standard InChI is InChI=1S/C16H28N2/c1-5-17-15-8-6-7-13-11-18(12-14(13)15)10-9-16(2,3)4/h11-12,15,17H,5-10H2,1-4H3. The monoisotopic (exact) mass is 248 g/mol. The van der Waals surface area contributed by atoms with Crippen LogP contribution in [-0.4, -0.2) is 11.1 Å². The molecule has 0 aromatic carbocycles. The Kier molecular flexibility index (Phi) is 4.16. The smallest absolute Gasteiger partial charge is 0.0338 e. The fraction of sp³-hybridized carbons (Fsp3) is 0.750. The molecule has 1 atom stereocenters. The van der Waals surface area contributed by atoms with Gasteiger partial charge in [-0.15, -0.1) is 0 Å².